The standard InChI is InChI=1S/C12H14F2INO3/c1-12(16-2,11(17)18)5-6-4-7(15)9(14)10(19-3)8(6)13/h4,16H,5H2,1-3H3,(H,17,18). The van der Waals surface area contributed by atoms with Crippen LogP contribution in [-0.2, 0) is 11.2 Å². The summed E-state index contributed by atoms with van der Waals surface area (Å²) < 4.78 is 32.5. The molecule has 0 saturated heterocycles. The third kappa shape index (κ3) is 3.14. The third-order valence-corrected chi connectivity index (χ3v) is 3.75. The monoisotopic (exact) mass is 385 g/mol. The normalized spacial score (nSPS) is 14.0. The van der Waals surface area contributed by atoms with E-state index in [0.29, 0.717) is 0 Å². The third-order valence-electron chi connectivity index (χ3n) is 2.96. The minimum Gasteiger partial charge on any atom is -0.491 e. The van der Waals surface area contributed by atoms with Gasteiger partial charge < -0.3 is 15.2 Å². The van der Waals surface area contributed by atoms with Gasteiger partial charge in [0.25, 0.3) is 0 Å². The van der Waals surface area contributed by atoms with Crippen LogP contribution in [-0.4, -0.2) is 30.8 Å². The Balaban J connectivity index is 3.29. The van der Waals surface area contributed by atoms with Gasteiger partial charge in [0.15, 0.2) is 17.4 Å². The fourth-order valence-corrected chi connectivity index (χ4v) is 2.21. The van der Waals surface area contributed by atoms with Crippen molar-refractivity contribution in [2.24, 2.45) is 0 Å². The highest BCUT2D eigenvalue weighted by molar-refractivity contribution is 14.1. The summed E-state index contributed by atoms with van der Waals surface area (Å²) in [5.41, 5.74) is -1.26. The van der Waals surface area contributed by atoms with Gasteiger partial charge in [0.05, 0.1) is 10.7 Å². The Morgan fingerprint density at radius 2 is 2.11 bits per heavy atom. The van der Waals surface area contributed by atoms with Crippen LogP contribution in [0.1, 0.15) is 12.5 Å². The summed E-state index contributed by atoms with van der Waals surface area (Å²) in [7, 11) is 2.63. The van der Waals surface area contributed by atoms with Crippen molar-refractivity contribution in [3.8, 4) is 5.75 Å². The van der Waals surface area contributed by atoms with E-state index in [-0.39, 0.29) is 15.6 Å². The van der Waals surface area contributed by atoms with Gasteiger partial charge in [-0.15, -0.1) is 0 Å². The minimum atomic E-state index is -1.34. The molecule has 19 heavy (non-hydrogen) atoms. The summed E-state index contributed by atoms with van der Waals surface area (Å²) in [6.45, 7) is 1.43. The van der Waals surface area contributed by atoms with Crippen LogP contribution in [0.4, 0.5) is 8.78 Å². The zero-order valence-corrected chi connectivity index (χ0v) is 12.8. The van der Waals surface area contributed by atoms with Gasteiger partial charge in [-0.05, 0) is 48.2 Å². The van der Waals surface area contributed by atoms with E-state index in [4.69, 9.17) is 5.11 Å². The van der Waals surface area contributed by atoms with Crippen molar-refractivity contribution in [1.29, 1.82) is 0 Å². The molecule has 1 unspecified atom stereocenters. The van der Waals surface area contributed by atoms with Crippen LogP contribution in [0.5, 0.6) is 5.75 Å². The van der Waals surface area contributed by atoms with E-state index in [9.17, 15) is 13.6 Å². The lowest BCUT2D eigenvalue weighted by atomic mass is 9.92. The highest BCUT2D eigenvalue weighted by Crippen LogP contribution is 2.30. The number of carbonyl (C=O) groups is 1. The number of benzene rings is 1. The minimum absolute atomic E-state index is 0.0851. The number of likely N-dealkylation sites (N-methyl/N-ethyl adjacent to an activating group) is 1. The van der Waals surface area contributed by atoms with Crippen molar-refractivity contribution in [3.05, 3.63) is 26.8 Å². The van der Waals surface area contributed by atoms with Gasteiger partial charge in [-0.3, -0.25) is 4.79 Å². The zero-order chi connectivity index (χ0) is 14.8. The van der Waals surface area contributed by atoms with E-state index < -0.39 is 28.9 Å². The molecule has 1 rings (SSSR count). The van der Waals surface area contributed by atoms with Crippen molar-refractivity contribution in [1.82, 2.24) is 5.32 Å². The topological polar surface area (TPSA) is 58.6 Å². The molecule has 106 valence electrons. The number of ether oxygens (including phenoxy) is 1. The molecule has 0 amide bonds. The van der Waals surface area contributed by atoms with Gasteiger partial charge >= 0.3 is 5.97 Å². The van der Waals surface area contributed by atoms with Crippen LogP contribution in [0.3, 0.4) is 0 Å². The summed E-state index contributed by atoms with van der Waals surface area (Å²) in [6.07, 6.45) is -0.128. The maximum Gasteiger partial charge on any atom is 0.323 e. The van der Waals surface area contributed by atoms with Crippen molar-refractivity contribution >= 4 is 28.6 Å². The van der Waals surface area contributed by atoms with E-state index in [2.05, 4.69) is 10.1 Å². The lowest BCUT2D eigenvalue weighted by molar-refractivity contribution is -0.143. The highest BCUT2D eigenvalue weighted by atomic mass is 127. The lowest BCUT2D eigenvalue weighted by Gasteiger charge is -2.25. The Hall–Kier alpha value is -0.960. The molecule has 2 N–H and O–H groups in total. The number of hydrogen-bond donors (Lipinski definition) is 2. The number of aliphatic carboxylic acids is 1. The van der Waals surface area contributed by atoms with Crippen LogP contribution in [0.15, 0.2) is 6.07 Å². The van der Waals surface area contributed by atoms with Crippen LogP contribution in [0.2, 0.25) is 0 Å². The molecule has 0 aliphatic heterocycles. The predicted molar refractivity (Wildman–Crippen MR) is 74.4 cm³/mol. The fraction of sp³-hybridized carbons (Fsp3) is 0.417. The molecule has 0 radical (unpaired) electrons. The van der Waals surface area contributed by atoms with E-state index >= 15 is 0 Å². The Morgan fingerprint density at radius 3 is 2.53 bits per heavy atom. The second-order valence-corrected chi connectivity index (χ2v) is 5.40. The zero-order valence-electron chi connectivity index (χ0n) is 10.7. The molecule has 0 aliphatic rings. The van der Waals surface area contributed by atoms with Gasteiger partial charge in [0, 0.05) is 6.42 Å². The average molecular weight is 385 g/mol. The summed E-state index contributed by atoms with van der Waals surface area (Å²) in [5.74, 6) is -3.27. The number of methoxy groups -OCH3 is 1. The Kier molecular flexibility index (Phi) is 5.08. The molecule has 1 aromatic rings. The van der Waals surface area contributed by atoms with Crippen molar-refractivity contribution in [2.75, 3.05) is 14.2 Å². The molecule has 4 nitrogen and oxygen atoms in total. The molecule has 0 aromatic heterocycles. The summed E-state index contributed by atoms with van der Waals surface area (Å²) in [5, 5.41) is 11.8. The molecular weight excluding hydrogens is 371 g/mol. The van der Waals surface area contributed by atoms with Gasteiger partial charge in [0.2, 0.25) is 0 Å². The SMILES string of the molecule is CNC(C)(Cc1cc(I)c(F)c(OC)c1F)C(=O)O. The van der Waals surface area contributed by atoms with Gasteiger partial charge in [-0.2, -0.15) is 0 Å². The number of carboxylic acids is 1. The maximum absolute atomic E-state index is 14.1. The second kappa shape index (κ2) is 6.00. The maximum atomic E-state index is 14.1. The van der Waals surface area contributed by atoms with Crippen molar-refractivity contribution in [3.63, 3.8) is 0 Å². The first-order valence-electron chi connectivity index (χ1n) is 5.39. The number of nitrogens with one attached hydrogen (secondary N) is 1. The molecule has 1 atom stereocenters. The van der Waals surface area contributed by atoms with Crippen molar-refractivity contribution in [2.45, 2.75) is 18.9 Å². The van der Waals surface area contributed by atoms with Crippen LogP contribution in [0, 0.1) is 15.2 Å². The molecule has 0 heterocycles. The Bertz CT molecular complexity index is 510. The summed E-state index contributed by atoms with van der Waals surface area (Å²) in [4.78, 5) is 11.2. The van der Waals surface area contributed by atoms with Gasteiger partial charge in [0.1, 0.15) is 5.54 Å². The molecule has 0 bridgehead atoms. The van der Waals surface area contributed by atoms with E-state index in [1.807, 2.05) is 0 Å². The van der Waals surface area contributed by atoms with Crippen LogP contribution >= 0.6 is 22.6 Å². The molecule has 7 heteroatoms. The first-order valence-corrected chi connectivity index (χ1v) is 6.47. The van der Waals surface area contributed by atoms with Crippen molar-refractivity contribution < 1.29 is 23.4 Å². The molecule has 0 aliphatic carbocycles. The number of hydrogen-bond acceptors (Lipinski definition) is 3. The van der Waals surface area contributed by atoms with Crippen LogP contribution in [0.25, 0.3) is 0 Å². The highest BCUT2D eigenvalue weighted by Gasteiger charge is 2.33. The van der Waals surface area contributed by atoms with Crippen LogP contribution < -0.4 is 10.1 Å². The predicted octanol–water partition coefficient (Wildman–Crippen LogP) is 2.18. The lowest BCUT2D eigenvalue weighted by Crippen LogP contribution is -2.49. The van der Waals surface area contributed by atoms with E-state index in [1.165, 1.54) is 20.0 Å². The molecule has 1 aromatic carbocycles. The van der Waals surface area contributed by atoms with Gasteiger partial charge in [-0.25, -0.2) is 8.78 Å². The molecular formula is C12H14F2INO3. The van der Waals surface area contributed by atoms with E-state index in [0.717, 1.165) is 7.11 Å². The first-order chi connectivity index (χ1) is 8.76. The fourth-order valence-electron chi connectivity index (χ4n) is 1.59. The second-order valence-electron chi connectivity index (χ2n) is 4.24. The average Bonchev–Trinajstić information content (AvgIpc) is 2.36. The Labute approximate surface area is 123 Å². The Morgan fingerprint density at radius 1 is 1.53 bits per heavy atom. The van der Waals surface area contributed by atoms with Gasteiger partial charge in [-0.1, -0.05) is 0 Å². The largest absolute Gasteiger partial charge is 0.491 e. The number of rotatable bonds is 5. The van der Waals surface area contributed by atoms with E-state index in [1.54, 1.807) is 22.6 Å². The molecule has 0 fully saturated rings. The molecule has 0 saturated carbocycles. The summed E-state index contributed by atoms with van der Waals surface area (Å²) in [6, 6.07) is 1.28. The number of halogens is 3. The first kappa shape index (κ1) is 16.1. The summed E-state index contributed by atoms with van der Waals surface area (Å²) >= 11 is 1.71. The molecule has 0 spiro atoms. The smallest absolute Gasteiger partial charge is 0.323 e. The number of carboxylic acid groups (broad SMARTS) is 1. The quantitative estimate of drug-likeness (QED) is 0.603.